The van der Waals surface area contributed by atoms with Crippen LogP contribution in [0, 0.1) is 11.6 Å². The molecule has 1 unspecified atom stereocenters. The molecule has 98 valence electrons. The van der Waals surface area contributed by atoms with Crippen molar-refractivity contribution in [3.63, 3.8) is 0 Å². The highest BCUT2D eigenvalue weighted by Crippen LogP contribution is 2.19. The van der Waals surface area contributed by atoms with E-state index in [1.807, 2.05) is 0 Å². The molecule has 1 aliphatic heterocycles. The van der Waals surface area contributed by atoms with Crippen LogP contribution in [0.4, 0.5) is 8.78 Å². The number of ether oxygens (including phenoxy) is 1. The molecular weight excluding hydrogens is 240 g/mol. The number of hydrogen-bond acceptors (Lipinski definition) is 3. The van der Waals surface area contributed by atoms with Gasteiger partial charge < -0.3 is 10.1 Å². The van der Waals surface area contributed by atoms with Gasteiger partial charge in [-0.05, 0) is 43.5 Å². The van der Waals surface area contributed by atoms with Gasteiger partial charge in [0.05, 0.1) is 12.7 Å². The number of esters is 1. The molecule has 0 amide bonds. The fourth-order valence-electron chi connectivity index (χ4n) is 2.24. The monoisotopic (exact) mass is 255 g/mol. The van der Waals surface area contributed by atoms with E-state index in [0.717, 1.165) is 32.6 Å². The van der Waals surface area contributed by atoms with Crippen molar-refractivity contribution < 1.29 is 18.3 Å². The summed E-state index contributed by atoms with van der Waals surface area (Å²) in [4.78, 5) is 11.3. The van der Waals surface area contributed by atoms with E-state index in [1.54, 1.807) is 0 Å². The van der Waals surface area contributed by atoms with Gasteiger partial charge in [-0.2, -0.15) is 0 Å². The zero-order valence-corrected chi connectivity index (χ0v) is 10.1. The molecule has 1 heterocycles. The molecule has 0 saturated carbocycles. The molecule has 1 fully saturated rings. The standard InChI is InChI=1S/C13H15F2NO2/c1-18-13(17)10-6-8(7-11(14)12(10)15)5-9-3-2-4-16-9/h6-7,9,16H,2-5H2,1H3. The van der Waals surface area contributed by atoms with Crippen LogP contribution in [0.25, 0.3) is 0 Å². The van der Waals surface area contributed by atoms with Gasteiger partial charge in [-0.3, -0.25) is 0 Å². The van der Waals surface area contributed by atoms with Crippen LogP contribution in [0.1, 0.15) is 28.8 Å². The second-order valence-electron chi connectivity index (χ2n) is 4.43. The minimum absolute atomic E-state index is 0.264. The molecule has 0 aliphatic carbocycles. The van der Waals surface area contributed by atoms with Crippen LogP contribution in [-0.2, 0) is 11.2 Å². The number of rotatable bonds is 3. The van der Waals surface area contributed by atoms with E-state index in [1.165, 1.54) is 6.07 Å². The lowest BCUT2D eigenvalue weighted by Crippen LogP contribution is -2.24. The molecule has 1 aliphatic rings. The SMILES string of the molecule is COC(=O)c1cc(CC2CCCN2)cc(F)c1F. The van der Waals surface area contributed by atoms with Gasteiger partial charge in [0, 0.05) is 6.04 Å². The van der Waals surface area contributed by atoms with Gasteiger partial charge in [-0.1, -0.05) is 0 Å². The Bertz CT molecular complexity index is 457. The number of halogens is 2. The third-order valence-corrected chi connectivity index (χ3v) is 3.14. The summed E-state index contributed by atoms with van der Waals surface area (Å²) in [5.41, 5.74) is 0.263. The maximum Gasteiger partial charge on any atom is 0.340 e. The Morgan fingerprint density at radius 1 is 1.50 bits per heavy atom. The normalized spacial score (nSPS) is 18.9. The Kier molecular flexibility index (Phi) is 3.91. The third-order valence-electron chi connectivity index (χ3n) is 3.14. The van der Waals surface area contributed by atoms with Crippen LogP contribution in [0.5, 0.6) is 0 Å². The minimum Gasteiger partial charge on any atom is -0.465 e. The molecule has 0 radical (unpaired) electrons. The summed E-state index contributed by atoms with van der Waals surface area (Å²) in [6.45, 7) is 0.943. The van der Waals surface area contributed by atoms with Gasteiger partial charge in [0.2, 0.25) is 0 Å². The number of methoxy groups -OCH3 is 1. The maximum absolute atomic E-state index is 13.4. The van der Waals surface area contributed by atoms with E-state index in [9.17, 15) is 13.6 Å². The van der Waals surface area contributed by atoms with Crippen molar-refractivity contribution in [1.29, 1.82) is 0 Å². The fraction of sp³-hybridized carbons (Fsp3) is 0.462. The smallest absolute Gasteiger partial charge is 0.340 e. The predicted molar refractivity (Wildman–Crippen MR) is 62.4 cm³/mol. The van der Waals surface area contributed by atoms with Crippen LogP contribution >= 0.6 is 0 Å². The summed E-state index contributed by atoms with van der Waals surface area (Å²) < 4.78 is 31.3. The summed E-state index contributed by atoms with van der Waals surface area (Å²) in [6, 6.07) is 2.77. The van der Waals surface area contributed by atoms with E-state index < -0.39 is 17.6 Å². The second kappa shape index (κ2) is 5.44. The van der Waals surface area contributed by atoms with E-state index in [0.29, 0.717) is 12.0 Å². The Morgan fingerprint density at radius 3 is 2.89 bits per heavy atom. The lowest BCUT2D eigenvalue weighted by Gasteiger charge is -2.11. The molecular formula is C13H15F2NO2. The molecule has 5 heteroatoms. The quantitative estimate of drug-likeness (QED) is 0.840. The van der Waals surface area contributed by atoms with Crippen LogP contribution < -0.4 is 5.32 Å². The number of carbonyl (C=O) groups is 1. The van der Waals surface area contributed by atoms with Crippen molar-refractivity contribution in [2.45, 2.75) is 25.3 Å². The molecule has 0 bridgehead atoms. The molecule has 3 nitrogen and oxygen atoms in total. The number of nitrogens with one attached hydrogen (secondary N) is 1. The van der Waals surface area contributed by atoms with Gasteiger partial charge in [-0.25, -0.2) is 13.6 Å². The van der Waals surface area contributed by atoms with Crippen molar-refractivity contribution >= 4 is 5.97 Å². The fourth-order valence-corrected chi connectivity index (χ4v) is 2.24. The summed E-state index contributed by atoms with van der Waals surface area (Å²) in [5.74, 6) is -3.01. The lowest BCUT2D eigenvalue weighted by molar-refractivity contribution is 0.0594. The average molecular weight is 255 g/mol. The van der Waals surface area contributed by atoms with Crippen LogP contribution in [0.15, 0.2) is 12.1 Å². The van der Waals surface area contributed by atoms with Gasteiger partial charge >= 0.3 is 5.97 Å². The van der Waals surface area contributed by atoms with E-state index in [-0.39, 0.29) is 11.6 Å². The zero-order chi connectivity index (χ0) is 13.1. The molecule has 1 atom stereocenters. The third kappa shape index (κ3) is 2.67. The Hall–Kier alpha value is -1.49. The van der Waals surface area contributed by atoms with Crippen molar-refractivity contribution in [1.82, 2.24) is 5.32 Å². The van der Waals surface area contributed by atoms with Crippen LogP contribution in [0.2, 0.25) is 0 Å². The number of hydrogen-bond donors (Lipinski definition) is 1. The molecule has 0 spiro atoms. The first-order valence-electron chi connectivity index (χ1n) is 5.91. The first kappa shape index (κ1) is 13.0. The first-order valence-corrected chi connectivity index (χ1v) is 5.91. The minimum atomic E-state index is -1.15. The van der Waals surface area contributed by atoms with E-state index in [4.69, 9.17) is 0 Å². The highest BCUT2D eigenvalue weighted by molar-refractivity contribution is 5.89. The largest absolute Gasteiger partial charge is 0.465 e. The molecule has 1 N–H and O–H groups in total. The van der Waals surface area contributed by atoms with Gasteiger partial charge in [0.1, 0.15) is 0 Å². The zero-order valence-electron chi connectivity index (χ0n) is 10.1. The molecule has 0 aromatic heterocycles. The van der Waals surface area contributed by atoms with Crippen LogP contribution in [0.3, 0.4) is 0 Å². The Labute approximate surface area is 104 Å². The van der Waals surface area contributed by atoms with Crippen molar-refractivity contribution in [2.24, 2.45) is 0 Å². The highest BCUT2D eigenvalue weighted by atomic mass is 19.2. The molecule has 1 saturated heterocycles. The van der Waals surface area contributed by atoms with Gasteiger partial charge in [0.15, 0.2) is 11.6 Å². The topological polar surface area (TPSA) is 38.3 Å². The molecule has 18 heavy (non-hydrogen) atoms. The number of benzene rings is 1. The van der Waals surface area contributed by atoms with Crippen LogP contribution in [-0.4, -0.2) is 25.7 Å². The first-order chi connectivity index (χ1) is 8.61. The van der Waals surface area contributed by atoms with Gasteiger partial charge in [0.25, 0.3) is 0 Å². The molecule has 1 aromatic rings. The van der Waals surface area contributed by atoms with Crippen molar-refractivity contribution in [2.75, 3.05) is 13.7 Å². The summed E-state index contributed by atoms with van der Waals surface area (Å²) in [7, 11) is 1.14. The van der Waals surface area contributed by atoms with E-state index >= 15 is 0 Å². The average Bonchev–Trinajstić information content (AvgIpc) is 2.85. The predicted octanol–water partition coefficient (Wildman–Crippen LogP) is 2.05. The molecule has 1 aromatic carbocycles. The second-order valence-corrected chi connectivity index (χ2v) is 4.43. The van der Waals surface area contributed by atoms with Gasteiger partial charge in [-0.15, -0.1) is 0 Å². The lowest BCUT2D eigenvalue weighted by atomic mass is 10.0. The van der Waals surface area contributed by atoms with Crippen molar-refractivity contribution in [3.8, 4) is 0 Å². The van der Waals surface area contributed by atoms with E-state index in [2.05, 4.69) is 10.1 Å². The summed E-state index contributed by atoms with van der Waals surface area (Å²) in [5, 5.41) is 3.27. The highest BCUT2D eigenvalue weighted by Gasteiger charge is 2.20. The number of carbonyl (C=O) groups excluding carboxylic acids is 1. The molecule has 2 rings (SSSR count). The summed E-state index contributed by atoms with van der Waals surface area (Å²) in [6.07, 6.45) is 2.67. The summed E-state index contributed by atoms with van der Waals surface area (Å²) >= 11 is 0. The Balaban J connectivity index is 2.25. The Morgan fingerprint density at radius 2 is 2.28 bits per heavy atom. The van der Waals surface area contributed by atoms with Crippen molar-refractivity contribution in [3.05, 3.63) is 34.9 Å². The maximum atomic E-state index is 13.4.